The number of methoxy groups -OCH3 is 1. The summed E-state index contributed by atoms with van der Waals surface area (Å²) in [5.74, 6) is 0.466. The van der Waals surface area contributed by atoms with E-state index in [2.05, 4.69) is 29.1 Å². The van der Waals surface area contributed by atoms with Crippen molar-refractivity contribution in [2.24, 2.45) is 10.7 Å². The number of hydrogen-bond donors (Lipinski definition) is 2. The normalized spacial score (nSPS) is 12.9. The number of halogens is 1. The highest BCUT2D eigenvalue weighted by molar-refractivity contribution is 14.0. The standard InChI is InChI=1S/C13H24N4OS.HI/c1-5-11-10(3)19-12(17-11)6-7-15-13(14)16-9(2)8-18-4;/h9H,5-8H2,1-4H3,(H3,14,15,16);1H. The van der Waals surface area contributed by atoms with Gasteiger partial charge in [-0.3, -0.25) is 4.99 Å². The van der Waals surface area contributed by atoms with Gasteiger partial charge in [-0.1, -0.05) is 6.92 Å². The van der Waals surface area contributed by atoms with Crippen molar-refractivity contribution < 1.29 is 4.74 Å². The van der Waals surface area contributed by atoms with Crippen LogP contribution in [0.25, 0.3) is 0 Å². The van der Waals surface area contributed by atoms with E-state index in [4.69, 9.17) is 10.5 Å². The Balaban J connectivity index is 0.00000361. The van der Waals surface area contributed by atoms with Crippen LogP contribution in [0.1, 0.15) is 29.4 Å². The molecule has 20 heavy (non-hydrogen) atoms. The molecule has 7 heteroatoms. The fourth-order valence-corrected chi connectivity index (χ4v) is 2.79. The van der Waals surface area contributed by atoms with Crippen LogP contribution in [0.15, 0.2) is 4.99 Å². The van der Waals surface area contributed by atoms with E-state index in [1.165, 1.54) is 10.6 Å². The lowest BCUT2D eigenvalue weighted by Crippen LogP contribution is -2.40. The minimum Gasteiger partial charge on any atom is -0.383 e. The van der Waals surface area contributed by atoms with Crippen molar-refractivity contribution in [2.75, 3.05) is 20.3 Å². The fourth-order valence-electron chi connectivity index (χ4n) is 1.78. The van der Waals surface area contributed by atoms with Crippen molar-refractivity contribution in [3.8, 4) is 0 Å². The van der Waals surface area contributed by atoms with Crippen molar-refractivity contribution >= 4 is 41.3 Å². The number of nitrogens with zero attached hydrogens (tertiary/aromatic N) is 2. The summed E-state index contributed by atoms with van der Waals surface area (Å²) in [6.45, 7) is 7.52. The van der Waals surface area contributed by atoms with E-state index < -0.39 is 0 Å². The van der Waals surface area contributed by atoms with E-state index in [0.717, 1.165) is 17.8 Å². The maximum Gasteiger partial charge on any atom is 0.188 e. The second kappa shape index (κ2) is 10.3. The molecule has 3 N–H and O–H groups in total. The Morgan fingerprint density at radius 2 is 2.25 bits per heavy atom. The van der Waals surface area contributed by atoms with Crippen LogP contribution in [-0.4, -0.2) is 37.2 Å². The first-order valence-corrected chi connectivity index (χ1v) is 7.39. The molecule has 1 aromatic heterocycles. The number of thiazole rings is 1. The molecule has 1 aromatic rings. The first-order chi connectivity index (χ1) is 9.06. The first kappa shape index (κ1) is 19.6. The Hall–Kier alpha value is -0.410. The van der Waals surface area contributed by atoms with Gasteiger partial charge in [-0.15, -0.1) is 35.3 Å². The SMILES string of the molecule is CCc1nc(CCN=C(N)NC(C)COC)sc1C.I. The number of hydrogen-bond acceptors (Lipinski definition) is 4. The molecule has 0 aliphatic rings. The molecule has 1 heterocycles. The third-order valence-electron chi connectivity index (χ3n) is 2.69. The Kier molecular flexibility index (Phi) is 10.1. The molecule has 0 amide bonds. The summed E-state index contributed by atoms with van der Waals surface area (Å²) in [4.78, 5) is 10.2. The lowest BCUT2D eigenvalue weighted by atomic mass is 10.3. The molecule has 116 valence electrons. The highest BCUT2D eigenvalue weighted by Crippen LogP contribution is 2.18. The number of rotatable bonds is 7. The summed E-state index contributed by atoms with van der Waals surface area (Å²) >= 11 is 1.75. The number of aliphatic imine (C=N–C) groups is 1. The number of aryl methyl sites for hydroxylation is 2. The molecule has 0 saturated carbocycles. The van der Waals surface area contributed by atoms with Gasteiger partial charge in [-0.2, -0.15) is 0 Å². The Bertz CT molecular complexity index is 423. The van der Waals surface area contributed by atoms with Gasteiger partial charge in [0.25, 0.3) is 0 Å². The summed E-state index contributed by atoms with van der Waals surface area (Å²) in [7, 11) is 1.67. The largest absolute Gasteiger partial charge is 0.383 e. The van der Waals surface area contributed by atoms with Crippen LogP contribution in [0.4, 0.5) is 0 Å². The predicted molar refractivity (Wildman–Crippen MR) is 96.3 cm³/mol. The Morgan fingerprint density at radius 1 is 1.55 bits per heavy atom. The van der Waals surface area contributed by atoms with Crippen molar-refractivity contribution in [1.29, 1.82) is 0 Å². The second-order valence-electron chi connectivity index (χ2n) is 4.48. The number of ether oxygens (including phenoxy) is 1. The molecule has 0 aliphatic carbocycles. The molecular formula is C13H25IN4OS. The van der Waals surface area contributed by atoms with Crippen LogP contribution in [0, 0.1) is 6.92 Å². The summed E-state index contributed by atoms with van der Waals surface area (Å²) in [5, 5.41) is 4.22. The molecule has 0 spiro atoms. The van der Waals surface area contributed by atoms with Gasteiger partial charge in [0, 0.05) is 31.0 Å². The van der Waals surface area contributed by atoms with Crippen molar-refractivity contribution in [1.82, 2.24) is 10.3 Å². The van der Waals surface area contributed by atoms with Crippen LogP contribution in [0.5, 0.6) is 0 Å². The Morgan fingerprint density at radius 3 is 2.80 bits per heavy atom. The molecule has 1 unspecified atom stereocenters. The van der Waals surface area contributed by atoms with E-state index in [-0.39, 0.29) is 30.0 Å². The average Bonchev–Trinajstić information content (AvgIpc) is 2.69. The topological polar surface area (TPSA) is 72.5 Å². The molecule has 1 rings (SSSR count). The van der Waals surface area contributed by atoms with E-state index in [0.29, 0.717) is 19.1 Å². The van der Waals surface area contributed by atoms with Gasteiger partial charge < -0.3 is 15.8 Å². The van der Waals surface area contributed by atoms with Gasteiger partial charge in [-0.05, 0) is 20.3 Å². The predicted octanol–water partition coefficient (Wildman–Crippen LogP) is 2.11. The molecule has 5 nitrogen and oxygen atoms in total. The maximum absolute atomic E-state index is 5.80. The van der Waals surface area contributed by atoms with E-state index >= 15 is 0 Å². The zero-order valence-electron chi connectivity index (χ0n) is 12.6. The number of nitrogens with one attached hydrogen (secondary N) is 1. The van der Waals surface area contributed by atoms with Crippen LogP contribution >= 0.6 is 35.3 Å². The first-order valence-electron chi connectivity index (χ1n) is 6.57. The molecular weight excluding hydrogens is 387 g/mol. The maximum atomic E-state index is 5.80. The van der Waals surface area contributed by atoms with Gasteiger partial charge >= 0.3 is 0 Å². The summed E-state index contributed by atoms with van der Waals surface area (Å²) in [6.07, 6.45) is 1.83. The number of aromatic nitrogens is 1. The van der Waals surface area contributed by atoms with Crippen LogP contribution < -0.4 is 11.1 Å². The van der Waals surface area contributed by atoms with Gasteiger partial charge in [0.15, 0.2) is 5.96 Å². The molecule has 0 radical (unpaired) electrons. The minimum absolute atomic E-state index is 0. The van der Waals surface area contributed by atoms with Crippen LogP contribution in [0.2, 0.25) is 0 Å². The van der Waals surface area contributed by atoms with Gasteiger partial charge in [0.05, 0.1) is 17.3 Å². The van der Waals surface area contributed by atoms with Crippen molar-refractivity contribution in [3.63, 3.8) is 0 Å². The number of nitrogens with two attached hydrogens (primary N) is 1. The molecule has 0 fully saturated rings. The summed E-state index contributed by atoms with van der Waals surface area (Å²) in [5.41, 5.74) is 6.99. The minimum atomic E-state index is 0. The molecule has 0 aromatic carbocycles. The average molecular weight is 412 g/mol. The highest BCUT2D eigenvalue weighted by atomic mass is 127. The summed E-state index contributed by atoms with van der Waals surface area (Å²) < 4.78 is 5.03. The Labute approximate surface area is 142 Å². The quantitative estimate of drug-likeness (QED) is 0.409. The number of guanidine groups is 1. The third-order valence-corrected chi connectivity index (χ3v) is 3.76. The lowest BCUT2D eigenvalue weighted by molar-refractivity contribution is 0.179. The monoisotopic (exact) mass is 412 g/mol. The zero-order chi connectivity index (χ0) is 14.3. The van der Waals surface area contributed by atoms with Crippen LogP contribution in [0.3, 0.4) is 0 Å². The molecule has 0 saturated heterocycles. The second-order valence-corrected chi connectivity index (χ2v) is 5.77. The van der Waals surface area contributed by atoms with Crippen molar-refractivity contribution in [3.05, 3.63) is 15.6 Å². The van der Waals surface area contributed by atoms with Crippen LogP contribution in [-0.2, 0) is 17.6 Å². The van der Waals surface area contributed by atoms with E-state index in [9.17, 15) is 0 Å². The molecule has 0 aliphatic heterocycles. The van der Waals surface area contributed by atoms with Gasteiger partial charge in [0.1, 0.15) is 0 Å². The lowest BCUT2D eigenvalue weighted by Gasteiger charge is -2.12. The summed E-state index contributed by atoms with van der Waals surface area (Å²) in [6, 6.07) is 0.169. The smallest absolute Gasteiger partial charge is 0.188 e. The third kappa shape index (κ3) is 6.85. The van der Waals surface area contributed by atoms with Gasteiger partial charge in [-0.25, -0.2) is 4.98 Å². The zero-order valence-corrected chi connectivity index (χ0v) is 15.7. The van der Waals surface area contributed by atoms with Crippen molar-refractivity contribution in [2.45, 2.75) is 39.7 Å². The van der Waals surface area contributed by atoms with Gasteiger partial charge in [0.2, 0.25) is 0 Å². The molecule has 0 bridgehead atoms. The van der Waals surface area contributed by atoms with E-state index in [1.807, 2.05) is 6.92 Å². The fraction of sp³-hybridized carbons (Fsp3) is 0.692. The molecule has 1 atom stereocenters. The van der Waals surface area contributed by atoms with E-state index in [1.54, 1.807) is 18.4 Å². The highest BCUT2D eigenvalue weighted by Gasteiger charge is 2.05.